The number of hydrogen-bond donors (Lipinski definition) is 1. The van der Waals surface area contributed by atoms with Crippen LogP contribution in [0.4, 0.5) is 0 Å². The molecule has 1 amide bonds. The first kappa shape index (κ1) is 14.5. The fourth-order valence-corrected chi connectivity index (χ4v) is 3.64. The van der Waals surface area contributed by atoms with Gasteiger partial charge in [-0.2, -0.15) is 0 Å². The van der Waals surface area contributed by atoms with Crippen molar-refractivity contribution in [3.63, 3.8) is 0 Å². The van der Waals surface area contributed by atoms with Gasteiger partial charge < -0.3 is 5.32 Å². The smallest absolute Gasteiger partial charge is 0.220 e. The number of aryl methyl sites for hydroxylation is 2. The van der Waals surface area contributed by atoms with E-state index in [1.165, 1.54) is 11.1 Å². The lowest BCUT2D eigenvalue weighted by Gasteiger charge is -2.14. The molecule has 0 saturated carbocycles. The fourth-order valence-electron chi connectivity index (χ4n) is 2.78. The average molecular weight is 321 g/mol. The number of fused-ring (bicyclic) bond motifs is 1. The number of nitrogens with zero attached hydrogens (tertiary/aromatic N) is 1. The minimum absolute atomic E-state index is 0.124. The molecule has 3 nitrogen and oxygen atoms in total. The van der Waals surface area contributed by atoms with Crippen LogP contribution in [-0.4, -0.2) is 10.9 Å². The summed E-state index contributed by atoms with van der Waals surface area (Å²) < 4.78 is 0. The minimum Gasteiger partial charge on any atom is -0.349 e. The molecule has 5 heteroatoms. The summed E-state index contributed by atoms with van der Waals surface area (Å²) in [4.78, 5) is 16.3. The summed E-state index contributed by atoms with van der Waals surface area (Å²) in [7, 11) is 0. The van der Waals surface area contributed by atoms with Gasteiger partial charge in [-0.1, -0.05) is 17.7 Å². The molecule has 0 radical (unpaired) electrons. The van der Waals surface area contributed by atoms with E-state index in [2.05, 4.69) is 10.3 Å². The van der Waals surface area contributed by atoms with Crippen molar-refractivity contribution in [1.82, 2.24) is 10.3 Å². The normalized spacial score (nSPS) is 16.7. The molecular formula is C16H17ClN2OS. The Balaban J connectivity index is 1.50. The number of nitrogens with one attached hydrogen (secondary N) is 1. The highest BCUT2D eigenvalue weighted by atomic mass is 35.5. The van der Waals surface area contributed by atoms with Crippen molar-refractivity contribution in [2.45, 2.75) is 38.1 Å². The van der Waals surface area contributed by atoms with Crippen molar-refractivity contribution in [3.05, 3.63) is 50.9 Å². The van der Waals surface area contributed by atoms with Gasteiger partial charge in [-0.05, 0) is 48.9 Å². The molecule has 1 atom stereocenters. The average Bonchev–Trinajstić information content (AvgIpc) is 3.09. The summed E-state index contributed by atoms with van der Waals surface area (Å²) in [5, 5.41) is 6.97. The fraction of sp³-hybridized carbons (Fsp3) is 0.375. The molecular weight excluding hydrogens is 304 g/mol. The van der Waals surface area contributed by atoms with Crippen LogP contribution in [0, 0.1) is 0 Å². The second-order valence-electron chi connectivity index (χ2n) is 5.28. The van der Waals surface area contributed by atoms with E-state index in [0.717, 1.165) is 35.7 Å². The lowest BCUT2D eigenvalue weighted by atomic mass is 10.1. The summed E-state index contributed by atoms with van der Waals surface area (Å²) in [5.41, 5.74) is 2.48. The number of carbonyl (C=O) groups excluding carboxylic acids is 1. The lowest BCUT2D eigenvalue weighted by Crippen LogP contribution is -2.26. The molecule has 110 valence electrons. The van der Waals surface area contributed by atoms with Crippen molar-refractivity contribution in [2.24, 2.45) is 0 Å². The number of thiazole rings is 1. The summed E-state index contributed by atoms with van der Waals surface area (Å²) in [6, 6.07) is 6.08. The van der Waals surface area contributed by atoms with E-state index in [1.807, 2.05) is 23.6 Å². The first-order chi connectivity index (χ1) is 10.2. The molecule has 1 aromatic carbocycles. The molecule has 1 aliphatic carbocycles. The Bertz CT molecular complexity index is 627. The van der Waals surface area contributed by atoms with Gasteiger partial charge in [0.05, 0.1) is 11.0 Å². The van der Waals surface area contributed by atoms with Crippen molar-refractivity contribution in [1.29, 1.82) is 0 Å². The van der Waals surface area contributed by atoms with Gasteiger partial charge in [-0.25, -0.2) is 4.98 Å². The summed E-state index contributed by atoms with van der Waals surface area (Å²) in [6.07, 6.45) is 6.04. The highest BCUT2D eigenvalue weighted by molar-refractivity contribution is 7.09. The van der Waals surface area contributed by atoms with Gasteiger partial charge >= 0.3 is 0 Å². The highest BCUT2D eigenvalue weighted by Crippen LogP contribution is 2.32. The van der Waals surface area contributed by atoms with Gasteiger partial charge in [0.1, 0.15) is 0 Å². The molecule has 1 aromatic heterocycles. The Hall–Kier alpha value is -1.39. The zero-order valence-electron chi connectivity index (χ0n) is 11.6. The maximum absolute atomic E-state index is 12.1. The maximum Gasteiger partial charge on any atom is 0.220 e. The van der Waals surface area contributed by atoms with E-state index in [0.29, 0.717) is 6.42 Å². The largest absolute Gasteiger partial charge is 0.349 e. The Morgan fingerprint density at radius 3 is 3.19 bits per heavy atom. The minimum atomic E-state index is 0.124. The number of aromatic nitrogens is 1. The van der Waals surface area contributed by atoms with Crippen LogP contribution < -0.4 is 5.32 Å². The van der Waals surface area contributed by atoms with E-state index < -0.39 is 0 Å². The first-order valence-electron chi connectivity index (χ1n) is 7.18. The van der Waals surface area contributed by atoms with Crippen LogP contribution in [0.3, 0.4) is 0 Å². The molecule has 1 aliphatic rings. The third-order valence-corrected chi connectivity index (χ3v) is 4.87. The van der Waals surface area contributed by atoms with Crippen molar-refractivity contribution < 1.29 is 4.79 Å². The standard InChI is InChI=1S/C16H17ClN2OS/c17-12-5-6-13-11(10-12)4-7-14(13)19-15(20)2-1-3-16-18-8-9-21-16/h5-6,8-10,14H,1-4,7H2,(H,19,20)/t14-/m0/s1. The Morgan fingerprint density at radius 2 is 2.38 bits per heavy atom. The molecule has 21 heavy (non-hydrogen) atoms. The molecule has 0 saturated heterocycles. The summed E-state index contributed by atoms with van der Waals surface area (Å²) in [5.74, 6) is 0.124. The predicted molar refractivity (Wildman–Crippen MR) is 85.7 cm³/mol. The second-order valence-corrected chi connectivity index (χ2v) is 6.70. The molecule has 0 bridgehead atoms. The topological polar surface area (TPSA) is 42.0 Å². The molecule has 0 fully saturated rings. The number of benzene rings is 1. The van der Waals surface area contributed by atoms with Crippen LogP contribution >= 0.6 is 22.9 Å². The molecule has 1 N–H and O–H groups in total. The van der Waals surface area contributed by atoms with E-state index >= 15 is 0 Å². The van der Waals surface area contributed by atoms with Crippen LogP contribution in [0.15, 0.2) is 29.8 Å². The molecule has 1 heterocycles. The van der Waals surface area contributed by atoms with Crippen molar-refractivity contribution >= 4 is 28.8 Å². The summed E-state index contributed by atoms with van der Waals surface area (Å²) in [6.45, 7) is 0. The van der Waals surface area contributed by atoms with Crippen LogP contribution in [0.2, 0.25) is 5.02 Å². The Morgan fingerprint density at radius 1 is 1.48 bits per heavy atom. The molecule has 0 unspecified atom stereocenters. The number of rotatable bonds is 5. The van der Waals surface area contributed by atoms with Crippen LogP contribution in [0.1, 0.15) is 41.4 Å². The van der Waals surface area contributed by atoms with Crippen molar-refractivity contribution in [2.75, 3.05) is 0 Å². The molecule has 0 spiro atoms. The van der Waals surface area contributed by atoms with Gasteiger partial charge in [0.2, 0.25) is 5.91 Å². The molecule has 2 aromatic rings. The Labute approximate surface area is 133 Å². The Kier molecular flexibility index (Phi) is 4.56. The van der Waals surface area contributed by atoms with Crippen molar-refractivity contribution in [3.8, 4) is 0 Å². The van der Waals surface area contributed by atoms with Crippen LogP contribution in [-0.2, 0) is 17.6 Å². The third-order valence-electron chi connectivity index (χ3n) is 3.80. The zero-order valence-corrected chi connectivity index (χ0v) is 13.2. The van der Waals surface area contributed by atoms with E-state index in [9.17, 15) is 4.79 Å². The second kappa shape index (κ2) is 6.58. The van der Waals surface area contributed by atoms with Gasteiger partial charge in [0.25, 0.3) is 0 Å². The van der Waals surface area contributed by atoms with Gasteiger partial charge in [0, 0.05) is 23.0 Å². The first-order valence-corrected chi connectivity index (χ1v) is 8.44. The van der Waals surface area contributed by atoms with Gasteiger partial charge in [0.15, 0.2) is 0 Å². The quantitative estimate of drug-likeness (QED) is 0.907. The predicted octanol–water partition coefficient (Wildman–Crippen LogP) is 3.92. The SMILES string of the molecule is O=C(CCCc1nccs1)N[C@H]1CCc2cc(Cl)ccc21. The van der Waals surface area contributed by atoms with Crippen LogP contribution in [0.25, 0.3) is 0 Å². The zero-order chi connectivity index (χ0) is 14.7. The monoisotopic (exact) mass is 320 g/mol. The van der Waals surface area contributed by atoms with Crippen LogP contribution in [0.5, 0.6) is 0 Å². The third kappa shape index (κ3) is 3.63. The number of hydrogen-bond acceptors (Lipinski definition) is 3. The lowest BCUT2D eigenvalue weighted by molar-refractivity contribution is -0.121. The number of halogens is 1. The number of amides is 1. The number of carbonyl (C=O) groups is 1. The van der Waals surface area contributed by atoms with E-state index in [-0.39, 0.29) is 11.9 Å². The highest BCUT2D eigenvalue weighted by Gasteiger charge is 2.23. The summed E-state index contributed by atoms with van der Waals surface area (Å²) >= 11 is 7.65. The maximum atomic E-state index is 12.1. The van der Waals surface area contributed by atoms with Gasteiger partial charge in [-0.15, -0.1) is 11.3 Å². The van der Waals surface area contributed by atoms with E-state index in [1.54, 1.807) is 17.5 Å². The molecule has 3 rings (SSSR count). The van der Waals surface area contributed by atoms with E-state index in [4.69, 9.17) is 11.6 Å². The van der Waals surface area contributed by atoms with Gasteiger partial charge in [-0.3, -0.25) is 4.79 Å². The molecule has 0 aliphatic heterocycles.